The fourth-order valence-corrected chi connectivity index (χ4v) is 5.36. The van der Waals surface area contributed by atoms with E-state index in [1.54, 1.807) is 0 Å². The maximum Gasteiger partial charge on any atom is 0.417 e. The molecule has 0 unspecified atom stereocenters. The van der Waals surface area contributed by atoms with E-state index in [0.29, 0.717) is 18.0 Å². The van der Waals surface area contributed by atoms with Crippen LogP contribution in [0.1, 0.15) is 111 Å². The van der Waals surface area contributed by atoms with Crippen LogP contribution in [0.2, 0.25) is 0 Å². The lowest BCUT2D eigenvalue weighted by Crippen LogP contribution is -2.29. The molecule has 2 aliphatic carbocycles. The van der Waals surface area contributed by atoms with Gasteiger partial charge in [0.15, 0.2) is 0 Å². The van der Waals surface area contributed by atoms with E-state index in [0.717, 1.165) is 59.6 Å². The molecule has 1 saturated carbocycles. The number of aliphatic hydroxyl groups excluding tert-OH is 1. The number of pyridine rings is 2. The summed E-state index contributed by atoms with van der Waals surface area (Å²) in [4.78, 5) is 9.21. The fraction of sp³-hybridized carbons (Fsp3) is 0.600. The minimum absolute atomic E-state index is 0.0460. The molecule has 0 spiro atoms. The highest BCUT2D eigenvalue weighted by molar-refractivity contribution is 5.52. The van der Waals surface area contributed by atoms with Crippen LogP contribution in [-0.4, -0.2) is 15.1 Å². The number of nitrogens with zero attached hydrogens (tertiary/aromatic N) is 2. The SMILES string of the molecule is CC(C)[C@@H]1O[C@H](c2ccc(C(F)(F)F)cn2)c2c1nc1c(c2C2CC2)[C@@H](O)CC(C)(C)C1. The molecule has 0 aromatic carbocycles. The Balaban J connectivity index is 1.68. The molecule has 172 valence electrons. The van der Waals surface area contributed by atoms with E-state index in [4.69, 9.17) is 9.72 Å². The number of alkyl halides is 3. The van der Waals surface area contributed by atoms with Gasteiger partial charge in [0, 0.05) is 23.0 Å². The molecule has 0 bridgehead atoms. The molecule has 1 aliphatic heterocycles. The number of hydrogen-bond acceptors (Lipinski definition) is 4. The van der Waals surface area contributed by atoms with Crippen LogP contribution in [0.25, 0.3) is 0 Å². The summed E-state index contributed by atoms with van der Waals surface area (Å²) < 4.78 is 45.6. The second kappa shape index (κ2) is 7.26. The summed E-state index contributed by atoms with van der Waals surface area (Å²) in [6.45, 7) is 8.42. The monoisotopic (exact) mass is 446 g/mol. The van der Waals surface area contributed by atoms with E-state index >= 15 is 0 Å². The van der Waals surface area contributed by atoms with Crippen LogP contribution >= 0.6 is 0 Å². The van der Waals surface area contributed by atoms with Crippen LogP contribution in [0.5, 0.6) is 0 Å². The van der Waals surface area contributed by atoms with E-state index in [2.05, 4.69) is 32.7 Å². The average molecular weight is 447 g/mol. The highest BCUT2D eigenvalue weighted by Gasteiger charge is 2.46. The molecule has 3 aliphatic rings. The van der Waals surface area contributed by atoms with E-state index in [1.807, 2.05) is 0 Å². The zero-order valence-electron chi connectivity index (χ0n) is 18.8. The van der Waals surface area contributed by atoms with Gasteiger partial charge in [-0.1, -0.05) is 27.7 Å². The Kier molecular flexibility index (Phi) is 4.95. The molecule has 3 atom stereocenters. The molecular formula is C25H29F3N2O2. The standard InChI is InChI=1S/C25H29F3N2O2/c1-12(2)22-21-20(23(32-22)15-8-7-14(11-29-15)25(26,27)28)18(13-5-6-13)19-16(30-21)9-24(3,4)10-17(19)31/h7-8,11-13,17,22-23,31H,5-6,9-10H2,1-4H3/t17-,22-,23+/m0/s1. The second-order valence-electron chi connectivity index (χ2n) is 10.7. The zero-order chi connectivity index (χ0) is 23.0. The quantitative estimate of drug-likeness (QED) is 0.610. The summed E-state index contributed by atoms with van der Waals surface area (Å²) in [7, 11) is 0. The third-order valence-electron chi connectivity index (χ3n) is 6.94. The molecule has 2 aromatic heterocycles. The molecule has 0 radical (unpaired) electrons. The molecule has 2 aromatic rings. The van der Waals surface area contributed by atoms with E-state index in [1.165, 1.54) is 6.07 Å². The lowest BCUT2D eigenvalue weighted by Gasteiger charge is -2.36. The van der Waals surface area contributed by atoms with Gasteiger partial charge in [-0.2, -0.15) is 13.2 Å². The molecule has 32 heavy (non-hydrogen) atoms. The van der Waals surface area contributed by atoms with Gasteiger partial charge in [0.05, 0.1) is 23.1 Å². The summed E-state index contributed by atoms with van der Waals surface area (Å²) in [5, 5.41) is 11.1. The summed E-state index contributed by atoms with van der Waals surface area (Å²) in [5.74, 6) is 0.482. The fourth-order valence-electron chi connectivity index (χ4n) is 5.36. The molecule has 1 N–H and O–H groups in total. The van der Waals surface area contributed by atoms with Crippen LogP contribution < -0.4 is 0 Å². The first-order valence-electron chi connectivity index (χ1n) is 11.4. The number of halogens is 3. The lowest BCUT2D eigenvalue weighted by atomic mass is 9.72. The van der Waals surface area contributed by atoms with Gasteiger partial charge in [-0.15, -0.1) is 0 Å². The van der Waals surface area contributed by atoms with Crippen molar-refractivity contribution < 1.29 is 23.0 Å². The van der Waals surface area contributed by atoms with Crippen LogP contribution in [0.15, 0.2) is 18.3 Å². The Bertz CT molecular complexity index is 1040. The topological polar surface area (TPSA) is 55.2 Å². The van der Waals surface area contributed by atoms with E-state index < -0.39 is 23.9 Å². The lowest BCUT2D eigenvalue weighted by molar-refractivity contribution is -0.137. The van der Waals surface area contributed by atoms with Crippen molar-refractivity contribution in [2.75, 3.05) is 0 Å². The largest absolute Gasteiger partial charge is 0.417 e. The molecule has 7 heteroatoms. The predicted octanol–water partition coefficient (Wildman–Crippen LogP) is 6.20. The smallest absolute Gasteiger partial charge is 0.388 e. The summed E-state index contributed by atoms with van der Waals surface area (Å²) in [6, 6.07) is 2.48. The van der Waals surface area contributed by atoms with Gasteiger partial charge in [-0.25, -0.2) is 0 Å². The summed E-state index contributed by atoms with van der Waals surface area (Å²) in [6.07, 6.45) is -1.45. The molecular weight excluding hydrogens is 417 g/mol. The van der Waals surface area contributed by atoms with Crippen molar-refractivity contribution >= 4 is 0 Å². The predicted molar refractivity (Wildman–Crippen MR) is 113 cm³/mol. The van der Waals surface area contributed by atoms with E-state index in [-0.39, 0.29) is 17.4 Å². The first-order valence-corrected chi connectivity index (χ1v) is 11.4. The van der Waals surface area contributed by atoms with Crippen LogP contribution in [0, 0.1) is 11.3 Å². The van der Waals surface area contributed by atoms with Crippen molar-refractivity contribution in [1.82, 2.24) is 9.97 Å². The van der Waals surface area contributed by atoms with Crippen molar-refractivity contribution in [1.29, 1.82) is 0 Å². The van der Waals surface area contributed by atoms with Crippen LogP contribution in [0.4, 0.5) is 13.2 Å². The molecule has 5 rings (SSSR count). The summed E-state index contributed by atoms with van der Waals surface area (Å²) >= 11 is 0. The minimum atomic E-state index is -4.43. The number of aromatic nitrogens is 2. The maximum atomic E-state index is 13.1. The third-order valence-corrected chi connectivity index (χ3v) is 6.94. The normalized spacial score (nSPS) is 26.8. The number of aliphatic hydroxyl groups is 1. The minimum Gasteiger partial charge on any atom is -0.388 e. The highest BCUT2D eigenvalue weighted by Crippen LogP contribution is 2.56. The second-order valence-corrected chi connectivity index (χ2v) is 10.7. The molecule has 3 heterocycles. The first kappa shape index (κ1) is 21.8. The molecule has 0 saturated heterocycles. The van der Waals surface area contributed by atoms with Crippen molar-refractivity contribution in [3.8, 4) is 0 Å². The Morgan fingerprint density at radius 1 is 1.12 bits per heavy atom. The number of rotatable bonds is 3. The number of ether oxygens (including phenoxy) is 1. The summed E-state index contributed by atoms with van der Waals surface area (Å²) in [5.41, 5.74) is 4.42. The van der Waals surface area contributed by atoms with Gasteiger partial charge in [0.2, 0.25) is 0 Å². The third kappa shape index (κ3) is 3.63. The van der Waals surface area contributed by atoms with Crippen molar-refractivity contribution in [2.24, 2.45) is 11.3 Å². The number of hydrogen-bond donors (Lipinski definition) is 1. The van der Waals surface area contributed by atoms with Gasteiger partial charge in [-0.3, -0.25) is 9.97 Å². The Hall–Kier alpha value is -1.99. The molecule has 4 nitrogen and oxygen atoms in total. The van der Waals surface area contributed by atoms with Crippen molar-refractivity contribution in [2.45, 2.75) is 83.8 Å². The Morgan fingerprint density at radius 3 is 2.41 bits per heavy atom. The van der Waals surface area contributed by atoms with Crippen molar-refractivity contribution in [3.63, 3.8) is 0 Å². The zero-order valence-corrected chi connectivity index (χ0v) is 18.8. The molecule has 1 fully saturated rings. The van der Waals surface area contributed by atoms with Crippen LogP contribution in [0.3, 0.4) is 0 Å². The first-order chi connectivity index (χ1) is 15.0. The van der Waals surface area contributed by atoms with Gasteiger partial charge in [0.25, 0.3) is 0 Å². The van der Waals surface area contributed by atoms with Gasteiger partial charge in [-0.05, 0) is 60.6 Å². The molecule has 0 amide bonds. The van der Waals surface area contributed by atoms with E-state index in [9.17, 15) is 18.3 Å². The van der Waals surface area contributed by atoms with Crippen molar-refractivity contribution in [3.05, 3.63) is 57.7 Å². The Labute approximate surface area is 186 Å². The van der Waals surface area contributed by atoms with Crippen LogP contribution in [-0.2, 0) is 17.3 Å². The van der Waals surface area contributed by atoms with Gasteiger partial charge >= 0.3 is 6.18 Å². The Morgan fingerprint density at radius 2 is 1.84 bits per heavy atom. The van der Waals surface area contributed by atoms with Gasteiger partial charge in [0.1, 0.15) is 12.2 Å². The maximum absolute atomic E-state index is 13.1. The average Bonchev–Trinajstić information content (AvgIpc) is 3.45. The highest BCUT2D eigenvalue weighted by atomic mass is 19.4. The van der Waals surface area contributed by atoms with Gasteiger partial charge < -0.3 is 9.84 Å². The number of fused-ring (bicyclic) bond motifs is 2.